The van der Waals surface area contributed by atoms with Gasteiger partial charge in [-0.2, -0.15) is 0 Å². The lowest BCUT2D eigenvalue weighted by atomic mass is 10.1. The molecule has 0 aliphatic heterocycles. The molecule has 3 N–H and O–H groups in total. The Kier molecular flexibility index (Phi) is 4.81. The lowest BCUT2D eigenvalue weighted by Gasteiger charge is -2.13. The Hall–Kier alpha value is -3.06. The van der Waals surface area contributed by atoms with Gasteiger partial charge in [0, 0.05) is 5.69 Å². The number of halogens is 1. The second-order valence-corrected chi connectivity index (χ2v) is 7.28. The smallest absolute Gasteiger partial charge is 0.262 e. The number of hydrogen-bond acceptors (Lipinski definition) is 4. The molecule has 0 aromatic heterocycles. The topological polar surface area (TPSA) is 81.4 Å². The molecule has 0 saturated heterocycles. The number of sulfonamides is 1. The fraction of sp³-hybridized carbons (Fsp3) is 0.0526. The second-order valence-electron chi connectivity index (χ2n) is 5.60. The Bertz CT molecular complexity index is 1030. The number of methoxy groups -OCH3 is 1. The van der Waals surface area contributed by atoms with Gasteiger partial charge in [0.25, 0.3) is 10.0 Å². The average molecular weight is 372 g/mol. The minimum absolute atomic E-state index is 0.0730. The minimum atomic E-state index is -3.86. The van der Waals surface area contributed by atoms with E-state index < -0.39 is 10.0 Å². The van der Waals surface area contributed by atoms with Gasteiger partial charge in [0.05, 0.1) is 17.7 Å². The zero-order valence-electron chi connectivity index (χ0n) is 13.9. The third-order valence-corrected chi connectivity index (χ3v) is 5.15. The van der Waals surface area contributed by atoms with Crippen molar-refractivity contribution in [3.8, 4) is 16.9 Å². The van der Waals surface area contributed by atoms with Crippen molar-refractivity contribution in [3.63, 3.8) is 0 Å². The molecule has 0 spiro atoms. The quantitative estimate of drug-likeness (QED) is 0.666. The predicted molar refractivity (Wildman–Crippen MR) is 100 cm³/mol. The summed E-state index contributed by atoms with van der Waals surface area (Å²) in [4.78, 5) is 0.0730. The first kappa shape index (κ1) is 17.8. The molecule has 3 aromatic rings. The van der Waals surface area contributed by atoms with E-state index in [1.807, 2.05) is 0 Å². The lowest BCUT2D eigenvalue weighted by Crippen LogP contribution is -2.14. The molecule has 0 saturated carbocycles. The number of nitrogen functional groups attached to an aromatic ring is 1. The van der Waals surface area contributed by atoms with Crippen LogP contribution in [0.25, 0.3) is 11.1 Å². The van der Waals surface area contributed by atoms with Gasteiger partial charge in [-0.05, 0) is 53.6 Å². The van der Waals surface area contributed by atoms with Crippen LogP contribution in [0.15, 0.2) is 71.6 Å². The van der Waals surface area contributed by atoms with Gasteiger partial charge in [-0.25, -0.2) is 12.8 Å². The maximum absolute atomic E-state index is 13.1. The van der Waals surface area contributed by atoms with Crippen LogP contribution in [0.3, 0.4) is 0 Å². The van der Waals surface area contributed by atoms with Crippen LogP contribution in [0.1, 0.15) is 0 Å². The Morgan fingerprint density at radius 2 is 1.69 bits per heavy atom. The van der Waals surface area contributed by atoms with Crippen LogP contribution in [0.5, 0.6) is 5.75 Å². The van der Waals surface area contributed by atoms with Crippen molar-refractivity contribution >= 4 is 21.4 Å². The van der Waals surface area contributed by atoms with Crippen molar-refractivity contribution in [2.24, 2.45) is 0 Å². The number of hydrogen-bond donors (Lipinski definition) is 2. The van der Waals surface area contributed by atoms with Gasteiger partial charge in [-0.3, -0.25) is 4.72 Å². The highest BCUT2D eigenvalue weighted by molar-refractivity contribution is 7.92. The molecular weight excluding hydrogens is 355 g/mol. The summed E-state index contributed by atoms with van der Waals surface area (Å²) in [5, 5.41) is 0. The van der Waals surface area contributed by atoms with E-state index in [1.165, 1.54) is 37.4 Å². The van der Waals surface area contributed by atoms with E-state index in [-0.39, 0.29) is 16.4 Å². The number of anilines is 2. The van der Waals surface area contributed by atoms with E-state index in [0.29, 0.717) is 22.6 Å². The maximum Gasteiger partial charge on any atom is 0.262 e. The molecule has 134 valence electrons. The summed E-state index contributed by atoms with van der Waals surface area (Å²) in [6.07, 6.45) is 0. The third kappa shape index (κ3) is 3.78. The SMILES string of the molecule is COc1ccc(N)cc1NS(=O)(=O)c1cccc(-c2ccc(F)cc2)c1. The fourth-order valence-corrected chi connectivity index (χ4v) is 3.60. The summed E-state index contributed by atoms with van der Waals surface area (Å²) >= 11 is 0. The van der Waals surface area contributed by atoms with Gasteiger partial charge in [0.1, 0.15) is 11.6 Å². The molecule has 0 aliphatic rings. The number of ether oxygens (including phenoxy) is 1. The highest BCUT2D eigenvalue weighted by Crippen LogP contribution is 2.30. The summed E-state index contributed by atoms with van der Waals surface area (Å²) < 4.78 is 46.2. The van der Waals surface area contributed by atoms with Crippen molar-refractivity contribution in [3.05, 3.63) is 72.5 Å². The van der Waals surface area contributed by atoms with Gasteiger partial charge in [-0.15, -0.1) is 0 Å². The van der Waals surface area contributed by atoms with Crippen LogP contribution < -0.4 is 15.2 Å². The highest BCUT2D eigenvalue weighted by atomic mass is 32.2. The summed E-state index contributed by atoms with van der Waals surface area (Å²) in [7, 11) is -2.42. The van der Waals surface area contributed by atoms with E-state index in [1.54, 1.807) is 36.4 Å². The van der Waals surface area contributed by atoms with Crippen LogP contribution in [0, 0.1) is 5.82 Å². The zero-order chi connectivity index (χ0) is 18.7. The Labute approximate surface area is 151 Å². The molecular formula is C19H17FN2O3S. The molecule has 0 heterocycles. The third-order valence-electron chi connectivity index (χ3n) is 3.79. The normalized spacial score (nSPS) is 11.2. The summed E-state index contributed by atoms with van der Waals surface area (Å²) in [5.74, 6) is 0.00502. The number of benzene rings is 3. The fourth-order valence-electron chi connectivity index (χ4n) is 2.49. The van der Waals surface area contributed by atoms with Gasteiger partial charge in [0.15, 0.2) is 0 Å². The van der Waals surface area contributed by atoms with Crippen LogP contribution >= 0.6 is 0 Å². The molecule has 3 rings (SSSR count). The Morgan fingerprint density at radius 1 is 0.962 bits per heavy atom. The first-order valence-electron chi connectivity index (χ1n) is 7.71. The van der Waals surface area contributed by atoms with E-state index in [0.717, 1.165) is 0 Å². The largest absolute Gasteiger partial charge is 0.495 e. The minimum Gasteiger partial charge on any atom is -0.495 e. The van der Waals surface area contributed by atoms with Crippen molar-refractivity contribution in [1.29, 1.82) is 0 Å². The first-order chi connectivity index (χ1) is 12.4. The molecule has 0 fully saturated rings. The second kappa shape index (κ2) is 7.05. The van der Waals surface area contributed by atoms with Crippen molar-refractivity contribution < 1.29 is 17.5 Å². The number of nitrogens with one attached hydrogen (secondary N) is 1. The first-order valence-corrected chi connectivity index (χ1v) is 9.20. The van der Waals surface area contributed by atoms with Gasteiger partial charge < -0.3 is 10.5 Å². The van der Waals surface area contributed by atoms with Crippen LogP contribution in [0.2, 0.25) is 0 Å². The van der Waals surface area contributed by atoms with Gasteiger partial charge in [-0.1, -0.05) is 24.3 Å². The predicted octanol–water partition coefficient (Wildman–Crippen LogP) is 3.88. The summed E-state index contributed by atoms with van der Waals surface area (Å²) in [6.45, 7) is 0. The van der Waals surface area contributed by atoms with Crippen molar-refractivity contribution in [2.45, 2.75) is 4.90 Å². The monoisotopic (exact) mass is 372 g/mol. The van der Waals surface area contributed by atoms with Crippen molar-refractivity contribution in [2.75, 3.05) is 17.6 Å². The number of nitrogens with two attached hydrogens (primary N) is 1. The average Bonchev–Trinajstić information content (AvgIpc) is 2.62. The standard InChI is InChI=1S/C19H17FN2O3S/c1-25-19-10-9-16(21)12-18(19)22-26(23,24)17-4-2-3-14(11-17)13-5-7-15(20)8-6-13/h2-12,22H,21H2,1H3. The molecule has 5 nitrogen and oxygen atoms in total. The highest BCUT2D eigenvalue weighted by Gasteiger charge is 2.17. The molecule has 0 radical (unpaired) electrons. The van der Waals surface area contributed by atoms with E-state index in [2.05, 4.69) is 4.72 Å². The molecule has 7 heteroatoms. The summed E-state index contributed by atoms with van der Waals surface area (Å²) in [6, 6.07) is 16.9. The molecule has 0 amide bonds. The molecule has 26 heavy (non-hydrogen) atoms. The van der Waals surface area contributed by atoms with Gasteiger partial charge >= 0.3 is 0 Å². The zero-order valence-corrected chi connectivity index (χ0v) is 14.8. The Morgan fingerprint density at radius 3 is 2.38 bits per heavy atom. The molecule has 0 unspecified atom stereocenters. The molecule has 0 bridgehead atoms. The summed E-state index contributed by atoms with van der Waals surface area (Å²) in [5.41, 5.74) is 7.76. The van der Waals surface area contributed by atoms with Gasteiger partial charge in [0.2, 0.25) is 0 Å². The van der Waals surface area contributed by atoms with E-state index in [4.69, 9.17) is 10.5 Å². The molecule has 0 aliphatic carbocycles. The maximum atomic E-state index is 13.1. The van der Waals surface area contributed by atoms with Crippen LogP contribution in [-0.2, 0) is 10.0 Å². The Balaban J connectivity index is 1.96. The molecule has 3 aromatic carbocycles. The van der Waals surface area contributed by atoms with Crippen LogP contribution in [-0.4, -0.2) is 15.5 Å². The van der Waals surface area contributed by atoms with E-state index in [9.17, 15) is 12.8 Å². The number of rotatable bonds is 5. The van der Waals surface area contributed by atoms with Crippen LogP contribution in [0.4, 0.5) is 15.8 Å². The molecule has 0 atom stereocenters. The lowest BCUT2D eigenvalue weighted by molar-refractivity contribution is 0.417. The van der Waals surface area contributed by atoms with Crippen molar-refractivity contribution in [1.82, 2.24) is 0 Å². The van der Waals surface area contributed by atoms with E-state index >= 15 is 0 Å².